The molecule has 6 aromatic rings. The predicted molar refractivity (Wildman–Crippen MR) is 493 cm³/mol. The highest BCUT2D eigenvalue weighted by Crippen LogP contribution is 2.53. The Bertz CT molecular complexity index is 4980. The first-order chi connectivity index (χ1) is 61.1. The molecule has 6 saturated carbocycles. The van der Waals surface area contributed by atoms with Crippen LogP contribution in [0.4, 0.5) is 0 Å². The molecule has 26 heteroatoms. The van der Waals surface area contributed by atoms with Gasteiger partial charge in [0.25, 0.3) is 16.7 Å². The molecule has 12 fully saturated rings. The standard InChI is InChI=1S/C36H53N5O4.C35H51N5O4.C29H38N4O4/c1-4-24-17-25-19-26(18-24)21-29(20-25)40-27-9-7-10-28(40)23-30(22-27)41-33-12-6-5-11-31(33)37-35(36(41)44)32(13-14-34(42)43)38-45-16-8-15-39(2)3;1-4-23-16-24-18-25(17-23)20-28(19-24)39-26-8-7-9-27(39)22-29(21-26)40-32-11-6-5-10-30(32)36-34(35(40)43)31(12-13-33(41)42)37-44-15-14-38(2)3;1-2-37-31-27(29(35)36)26-28(34)33(25-10-6-5-9-24(25)30-26)23-16-20-11-12-21(17-23)32(20)22-14-18-7-3-4-8-19(13-18)15-22/h5-6,11-12,24-30H,4,7-10,13-23H2,1-3H3,(H,42,43);5-6,10-11,23-29H,4,7-9,12-22H2,1-3H3,(H,41,42);5-6,9-10,18-23H,2-4,7-8,11-17H2,1H3,(H,35,36)/b38-32+;37-31+;31-27-/t24?,25-,26+,27-,28+,29?,30?;23?,24-,25+,26-,27+,28?,29?;18-,19+,20-,21+,22?,23?. The quantitative estimate of drug-likeness (QED) is 0.0223. The summed E-state index contributed by atoms with van der Waals surface area (Å²) in [7, 11) is 7.90. The number of benzene rings is 3. The fraction of sp³-hybridized carbons (Fsp3) is 0.700. The van der Waals surface area contributed by atoms with Gasteiger partial charge in [-0.1, -0.05) is 117 Å². The average Bonchev–Trinajstić information content (AvgIpc) is 0.995. The second kappa shape index (κ2) is 41.6. The zero-order chi connectivity index (χ0) is 87.8. The number of para-hydroxylation sites is 6. The van der Waals surface area contributed by atoms with E-state index in [1.54, 1.807) is 6.92 Å². The third kappa shape index (κ3) is 20.9. The van der Waals surface area contributed by atoms with E-state index >= 15 is 0 Å². The van der Waals surface area contributed by atoms with E-state index in [9.17, 15) is 44.1 Å². The summed E-state index contributed by atoms with van der Waals surface area (Å²) in [6.07, 6.45) is 42.4. The third-order valence-corrected chi connectivity index (χ3v) is 31.7. The number of nitrogens with zero attached hydrogens (tertiary/aromatic N) is 14. The average molecular weight is 1730 g/mol. The predicted octanol–water partition coefficient (Wildman–Crippen LogP) is 16.6. The fourth-order valence-electron chi connectivity index (χ4n) is 26.7. The molecule has 0 spiro atoms. The number of aromatic nitrogens is 6. The molecule has 3 aromatic carbocycles. The topological polar surface area (TPSA) is 298 Å². The summed E-state index contributed by atoms with van der Waals surface area (Å²) in [6.45, 7) is 8.92. The summed E-state index contributed by atoms with van der Waals surface area (Å²) in [5.74, 6) is 3.96. The molecule has 8 unspecified atom stereocenters. The van der Waals surface area contributed by atoms with Gasteiger partial charge in [-0.2, -0.15) is 0 Å². The maximum absolute atomic E-state index is 14.4. The van der Waals surface area contributed by atoms with Crippen molar-refractivity contribution in [1.29, 1.82) is 0 Å². The Morgan fingerprint density at radius 2 is 0.722 bits per heavy atom. The number of fused-ring (bicyclic) bond motifs is 15. The lowest BCUT2D eigenvalue weighted by Gasteiger charge is -2.56. The van der Waals surface area contributed by atoms with Crippen molar-refractivity contribution in [2.45, 2.75) is 337 Å². The van der Waals surface area contributed by atoms with Crippen LogP contribution in [0, 0.1) is 47.3 Å². The van der Waals surface area contributed by atoms with E-state index in [-0.39, 0.29) is 84.2 Å². The number of aliphatic carboxylic acids is 3. The summed E-state index contributed by atoms with van der Waals surface area (Å²) in [5.41, 5.74) is 4.28. The molecule has 126 heavy (non-hydrogen) atoms. The molecule has 20 atom stereocenters. The van der Waals surface area contributed by atoms with E-state index in [0.717, 1.165) is 126 Å². The van der Waals surface area contributed by atoms with Gasteiger partial charge in [0.1, 0.15) is 31.2 Å². The van der Waals surface area contributed by atoms with Gasteiger partial charge in [0, 0.05) is 98.4 Å². The molecular weight excluding hydrogens is 1590 g/mol. The van der Waals surface area contributed by atoms with Crippen LogP contribution in [-0.4, -0.2) is 219 Å². The number of oxime groups is 3. The second-order valence-corrected chi connectivity index (χ2v) is 40.7. The van der Waals surface area contributed by atoms with Gasteiger partial charge in [-0.15, -0.1) is 0 Å². The molecule has 0 amide bonds. The maximum atomic E-state index is 14.4. The molecular formula is C100H142N14O12. The van der Waals surface area contributed by atoms with Crippen molar-refractivity contribution in [3.63, 3.8) is 0 Å². The summed E-state index contributed by atoms with van der Waals surface area (Å²) in [5, 5.41) is 41.1. The van der Waals surface area contributed by atoms with Crippen molar-refractivity contribution in [3.05, 3.63) is 121 Å². The summed E-state index contributed by atoms with van der Waals surface area (Å²) < 4.78 is 5.80. The molecule has 6 aliphatic heterocycles. The van der Waals surface area contributed by atoms with Crippen molar-refractivity contribution < 1.29 is 44.2 Å². The van der Waals surface area contributed by atoms with Gasteiger partial charge >= 0.3 is 17.9 Å². The van der Waals surface area contributed by atoms with E-state index in [1.807, 2.05) is 120 Å². The minimum atomic E-state index is -1.31. The van der Waals surface area contributed by atoms with Crippen LogP contribution in [0.15, 0.2) is 103 Å². The lowest BCUT2D eigenvalue weighted by Crippen LogP contribution is -2.59. The molecule has 26 nitrogen and oxygen atoms in total. The molecule has 3 N–H and O–H groups in total. The second-order valence-electron chi connectivity index (χ2n) is 40.7. The zero-order valence-electron chi connectivity index (χ0n) is 76.2. The monoisotopic (exact) mass is 1730 g/mol. The van der Waals surface area contributed by atoms with Crippen LogP contribution in [-0.2, 0) is 28.9 Å². The number of likely N-dealkylation sites (N-methyl/N-ethyl adjacent to an activating group) is 1. The van der Waals surface area contributed by atoms with Crippen LogP contribution in [0.5, 0.6) is 0 Å². The maximum Gasteiger partial charge on any atom is 0.360 e. The summed E-state index contributed by atoms with van der Waals surface area (Å²) in [6, 6.07) is 28.4. The highest BCUT2D eigenvalue weighted by Gasteiger charge is 2.51. The van der Waals surface area contributed by atoms with Crippen molar-refractivity contribution >= 4 is 68.1 Å². The highest BCUT2D eigenvalue weighted by atomic mass is 16.6. The van der Waals surface area contributed by atoms with Gasteiger partial charge in [-0.3, -0.25) is 38.7 Å². The fourth-order valence-corrected chi connectivity index (χ4v) is 26.7. The SMILES string of the molecule is CCC1C[C@@H]2CC(N3[C@@H]4CCC[C@H]3CC(n3c(=O)c(/C(CCC(=O)O)=N/OCCCN(C)C)nc5ccccc53)C4)C[C@H](C1)C2.CCC1C[C@@H]2CC(N3[C@@H]4CCC[C@H]3CC(n3c(=O)c(/C(CCC(=O)O)=N/OCCN(C)C)nc5ccccc53)C4)C[C@H](C1)C2.CCO/N=C(\C(=O)O)c1nc2ccccc2n(C2C[C@H]3CC[C@@H](C2)N3C2C[C@H]3CCCC[C@@H](C2)C3)c1=O. The van der Waals surface area contributed by atoms with Crippen LogP contribution in [0.25, 0.3) is 33.1 Å². The molecule has 6 aliphatic carbocycles. The van der Waals surface area contributed by atoms with Crippen LogP contribution in [0.2, 0.25) is 0 Å². The Morgan fingerprint density at radius 1 is 0.373 bits per heavy atom. The van der Waals surface area contributed by atoms with Gasteiger partial charge in [0.2, 0.25) is 5.71 Å². The Morgan fingerprint density at radius 3 is 1.09 bits per heavy atom. The molecule has 9 heterocycles. The van der Waals surface area contributed by atoms with E-state index in [0.29, 0.717) is 91.1 Å². The number of carbonyl (C=O) groups is 3. The van der Waals surface area contributed by atoms with E-state index in [1.165, 1.54) is 173 Å². The Balaban J connectivity index is 0.000000140. The van der Waals surface area contributed by atoms with Crippen molar-refractivity contribution in [2.75, 3.05) is 61.1 Å². The third-order valence-electron chi connectivity index (χ3n) is 31.7. The lowest BCUT2D eigenvalue weighted by atomic mass is 9.64. The lowest BCUT2D eigenvalue weighted by molar-refractivity contribution is -0.137. The summed E-state index contributed by atoms with van der Waals surface area (Å²) in [4.78, 5) is 121. The van der Waals surface area contributed by atoms with Crippen molar-refractivity contribution in [1.82, 2.24) is 53.2 Å². The van der Waals surface area contributed by atoms with Crippen LogP contribution < -0.4 is 16.7 Å². The highest BCUT2D eigenvalue weighted by molar-refractivity contribution is 6.41. The van der Waals surface area contributed by atoms with Crippen LogP contribution in [0.1, 0.15) is 300 Å². The number of carboxylic acids is 3. The molecule has 684 valence electrons. The first-order valence-corrected chi connectivity index (χ1v) is 49.0. The van der Waals surface area contributed by atoms with Gasteiger partial charge < -0.3 is 53.3 Å². The Hall–Kier alpha value is -8.30. The first-order valence-electron chi connectivity index (χ1n) is 49.0. The van der Waals surface area contributed by atoms with E-state index in [4.69, 9.17) is 24.5 Å². The van der Waals surface area contributed by atoms with Gasteiger partial charge in [-0.25, -0.2) is 19.7 Å². The smallest absolute Gasteiger partial charge is 0.360 e. The zero-order valence-corrected chi connectivity index (χ0v) is 76.2. The van der Waals surface area contributed by atoms with E-state index < -0.39 is 23.6 Å². The molecule has 12 aliphatic rings. The van der Waals surface area contributed by atoms with Crippen LogP contribution in [0.3, 0.4) is 0 Å². The largest absolute Gasteiger partial charge is 0.481 e. The molecule has 12 bridgehead atoms. The summed E-state index contributed by atoms with van der Waals surface area (Å²) >= 11 is 0. The molecule has 6 saturated heterocycles. The number of piperidine rings is 5. The Labute approximate surface area is 743 Å². The van der Waals surface area contributed by atoms with Gasteiger partial charge in [0.15, 0.2) is 17.1 Å². The minimum absolute atomic E-state index is 0.0147. The number of carboxylic acid groups (broad SMARTS) is 3. The number of rotatable bonds is 29. The molecule has 0 radical (unpaired) electrons. The number of hydrogen-bond donors (Lipinski definition) is 3. The van der Waals surface area contributed by atoms with Crippen LogP contribution >= 0.6 is 0 Å². The molecule has 18 rings (SSSR count). The Kier molecular flexibility index (Phi) is 30.1. The van der Waals surface area contributed by atoms with Gasteiger partial charge in [-0.05, 0) is 286 Å². The normalized spacial score (nSPS) is 31.2. The van der Waals surface area contributed by atoms with E-state index in [2.05, 4.69) is 53.9 Å². The first kappa shape index (κ1) is 91.0. The minimum Gasteiger partial charge on any atom is -0.481 e. The molecule has 3 aromatic heterocycles. The number of hydrogen-bond acceptors (Lipinski definition) is 20. The van der Waals surface area contributed by atoms with Crippen molar-refractivity contribution in [3.8, 4) is 0 Å². The van der Waals surface area contributed by atoms with Gasteiger partial charge in [0.05, 0.1) is 45.9 Å². The van der Waals surface area contributed by atoms with Crippen molar-refractivity contribution in [2.24, 2.45) is 62.8 Å².